The highest BCUT2D eigenvalue weighted by molar-refractivity contribution is 7.80. The lowest BCUT2D eigenvalue weighted by Crippen LogP contribution is -2.32. The second-order valence-corrected chi connectivity index (χ2v) is 4.23. The van der Waals surface area contributed by atoms with E-state index in [1.807, 2.05) is 38.1 Å². The van der Waals surface area contributed by atoms with Crippen molar-refractivity contribution >= 4 is 34.6 Å². The van der Waals surface area contributed by atoms with E-state index in [9.17, 15) is 0 Å². The zero-order valence-electron chi connectivity index (χ0n) is 9.96. The van der Waals surface area contributed by atoms with Crippen LogP contribution in [-0.2, 0) is 0 Å². The third-order valence-electron chi connectivity index (χ3n) is 2.14. The standard InChI is InChI=1S/C12H16ClN3S/c1-3-11(15-16-12(17)14-4-2)9-5-7-10(13)8-6-9/h5-8H,3-4H2,1-2H3,(H2,14,16,17)/b15-11-. The van der Waals surface area contributed by atoms with Crippen molar-refractivity contribution in [3.05, 3.63) is 34.9 Å². The van der Waals surface area contributed by atoms with Gasteiger partial charge in [-0.1, -0.05) is 30.7 Å². The van der Waals surface area contributed by atoms with E-state index in [1.165, 1.54) is 0 Å². The number of hydrazone groups is 1. The molecule has 0 aliphatic carbocycles. The molecule has 0 bridgehead atoms. The molecule has 17 heavy (non-hydrogen) atoms. The number of nitrogens with zero attached hydrogens (tertiary/aromatic N) is 1. The SMILES string of the molecule is CCNC(=S)N/N=C(/CC)c1ccc(Cl)cc1. The predicted molar refractivity (Wildman–Crippen MR) is 77.7 cm³/mol. The number of hydrogen-bond acceptors (Lipinski definition) is 2. The van der Waals surface area contributed by atoms with Crippen LogP contribution in [0, 0.1) is 0 Å². The average molecular weight is 270 g/mol. The number of thiocarbonyl (C=S) groups is 1. The fourth-order valence-electron chi connectivity index (χ4n) is 1.31. The molecule has 0 aromatic heterocycles. The monoisotopic (exact) mass is 269 g/mol. The molecule has 0 radical (unpaired) electrons. The van der Waals surface area contributed by atoms with Crippen LogP contribution in [0.3, 0.4) is 0 Å². The molecule has 0 aliphatic heterocycles. The van der Waals surface area contributed by atoms with Crippen molar-refractivity contribution in [2.45, 2.75) is 20.3 Å². The van der Waals surface area contributed by atoms with Gasteiger partial charge in [-0.25, -0.2) is 0 Å². The van der Waals surface area contributed by atoms with Gasteiger partial charge in [0.2, 0.25) is 0 Å². The molecule has 0 unspecified atom stereocenters. The van der Waals surface area contributed by atoms with Crippen LogP contribution in [-0.4, -0.2) is 17.4 Å². The largest absolute Gasteiger partial charge is 0.362 e. The van der Waals surface area contributed by atoms with Crippen LogP contribution in [0.4, 0.5) is 0 Å². The Balaban J connectivity index is 2.73. The Morgan fingerprint density at radius 3 is 2.47 bits per heavy atom. The van der Waals surface area contributed by atoms with E-state index in [2.05, 4.69) is 15.8 Å². The maximum absolute atomic E-state index is 5.84. The lowest BCUT2D eigenvalue weighted by Gasteiger charge is -2.07. The fraction of sp³-hybridized carbons (Fsp3) is 0.333. The molecule has 0 spiro atoms. The predicted octanol–water partition coefficient (Wildman–Crippen LogP) is 2.94. The molecule has 92 valence electrons. The third-order valence-corrected chi connectivity index (χ3v) is 2.63. The molecule has 5 heteroatoms. The van der Waals surface area contributed by atoms with Crippen LogP contribution >= 0.6 is 23.8 Å². The smallest absolute Gasteiger partial charge is 0.186 e. The molecule has 0 heterocycles. The van der Waals surface area contributed by atoms with E-state index in [4.69, 9.17) is 23.8 Å². The van der Waals surface area contributed by atoms with Crippen molar-refractivity contribution in [2.24, 2.45) is 5.10 Å². The number of halogens is 1. The summed E-state index contributed by atoms with van der Waals surface area (Å²) in [5.74, 6) is 0. The van der Waals surface area contributed by atoms with Crippen LogP contribution < -0.4 is 10.7 Å². The molecule has 0 saturated heterocycles. The van der Waals surface area contributed by atoms with E-state index >= 15 is 0 Å². The second kappa shape index (κ2) is 7.25. The van der Waals surface area contributed by atoms with Crippen molar-refractivity contribution in [2.75, 3.05) is 6.54 Å². The Labute approximate surface area is 112 Å². The van der Waals surface area contributed by atoms with Gasteiger partial charge in [0.1, 0.15) is 0 Å². The summed E-state index contributed by atoms with van der Waals surface area (Å²) in [5, 5.41) is 8.52. The van der Waals surface area contributed by atoms with Gasteiger partial charge in [-0.15, -0.1) is 0 Å². The minimum Gasteiger partial charge on any atom is -0.362 e. The first-order chi connectivity index (χ1) is 8.17. The Kier molecular flexibility index (Phi) is 5.94. The lowest BCUT2D eigenvalue weighted by molar-refractivity contribution is 0.897. The van der Waals surface area contributed by atoms with Gasteiger partial charge in [-0.05, 0) is 43.3 Å². The van der Waals surface area contributed by atoms with Gasteiger partial charge in [0.25, 0.3) is 0 Å². The Morgan fingerprint density at radius 1 is 1.29 bits per heavy atom. The Hall–Kier alpha value is -1.13. The first kappa shape index (κ1) is 13.9. The van der Waals surface area contributed by atoms with Crippen molar-refractivity contribution < 1.29 is 0 Å². The highest BCUT2D eigenvalue weighted by atomic mass is 35.5. The van der Waals surface area contributed by atoms with Crippen molar-refractivity contribution in [3.8, 4) is 0 Å². The summed E-state index contributed by atoms with van der Waals surface area (Å²) < 4.78 is 0. The summed E-state index contributed by atoms with van der Waals surface area (Å²) >= 11 is 10.9. The number of nitrogens with one attached hydrogen (secondary N) is 2. The van der Waals surface area contributed by atoms with Crippen LogP contribution in [0.15, 0.2) is 29.4 Å². The minimum absolute atomic E-state index is 0.535. The topological polar surface area (TPSA) is 36.4 Å². The van der Waals surface area contributed by atoms with Crippen LogP contribution in [0.2, 0.25) is 5.02 Å². The van der Waals surface area contributed by atoms with Gasteiger partial charge < -0.3 is 5.32 Å². The summed E-state index contributed by atoms with van der Waals surface area (Å²) in [7, 11) is 0. The summed E-state index contributed by atoms with van der Waals surface area (Å²) in [6.07, 6.45) is 0.823. The van der Waals surface area contributed by atoms with Crippen molar-refractivity contribution in [1.82, 2.24) is 10.7 Å². The van der Waals surface area contributed by atoms with Crippen LogP contribution in [0.1, 0.15) is 25.8 Å². The summed E-state index contributed by atoms with van der Waals surface area (Å²) in [6.45, 7) is 4.81. The minimum atomic E-state index is 0.535. The number of benzene rings is 1. The van der Waals surface area contributed by atoms with E-state index in [-0.39, 0.29) is 0 Å². The van der Waals surface area contributed by atoms with Crippen LogP contribution in [0.5, 0.6) is 0 Å². The van der Waals surface area contributed by atoms with E-state index in [0.29, 0.717) is 5.11 Å². The Morgan fingerprint density at radius 2 is 1.94 bits per heavy atom. The normalized spacial score (nSPS) is 11.1. The van der Waals surface area contributed by atoms with E-state index in [0.717, 1.165) is 29.3 Å². The molecule has 1 aromatic carbocycles. The first-order valence-electron chi connectivity index (χ1n) is 5.53. The zero-order valence-corrected chi connectivity index (χ0v) is 11.5. The molecule has 0 fully saturated rings. The van der Waals surface area contributed by atoms with Gasteiger partial charge in [0.05, 0.1) is 5.71 Å². The quantitative estimate of drug-likeness (QED) is 0.501. The molecule has 0 amide bonds. The molecular weight excluding hydrogens is 254 g/mol. The molecule has 1 rings (SSSR count). The molecule has 0 saturated carbocycles. The van der Waals surface area contributed by atoms with Crippen molar-refractivity contribution in [1.29, 1.82) is 0 Å². The van der Waals surface area contributed by atoms with E-state index in [1.54, 1.807) is 0 Å². The average Bonchev–Trinajstić information content (AvgIpc) is 2.32. The maximum Gasteiger partial charge on any atom is 0.186 e. The molecule has 2 N–H and O–H groups in total. The molecule has 1 aromatic rings. The molecule has 0 aliphatic rings. The van der Waals surface area contributed by atoms with Gasteiger partial charge >= 0.3 is 0 Å². The summed E-state index contributed by atoms with van der Waals surface area (Å²) in [5.41, 5.74) is 4.81. The molecular formula is C12H16ClN3S. The maximum atomic E-state index is 5.84. The number of rotatable bonds is 4. The summed E-state index contributed by atoms with van der Waals surface area (Å²) in [4.78, 5) is 0. The van der Waals surface area contributed by atoms with Crippen molar-refractivity contribution in [3.63, 3.8) is 0 Å². The van der Waals surface area contributed by atoms with E-state index < -0.39 is 0 Å². The van der Waals surface area contributed by atoms with Gasteiger partial charge in [-0.3, -0.25) is 5.43 Å². The number of hydrogen-bond donors (Lipinski definition) is 2. The van der Waals surface area contributed by atoms with Crippen LogP contribution in [0.25, 0.3) is 0 Å². The van der Waals surface area contributed by atoms with Gasteiger partial charge in [-0.2, -0.15) is 5.10 Å². The third kappa shape index (κ3) is 4.71. The lowest BCUT2D eigenvalue weighted by atomic mass is 10.1. The van der Waals surface area contributed by atoms with Gasteiger partial charge in [0, 0.05) is 11.6 Å². The van der Waals surface area contributed by atoms with Gasteiger partial charge in [0.15, 0.2) is 5.11 Å². The Bertz CT molecular complexity index is 401. The highest BCUT2D eigenvalue weighted by Gasteiger charge is 2.01. The molecule has 0 atom stereocenters. The second-order valence-electron chi connectivity index (χ2n) is 3.39. The zero-order chi connectivity index (χ0) is 12.7. The fourth-order valence-corrected chi connectivity index (χ4v) is 1.62. The first-order valence-corrected chi connectivity index (χ1v) is 6.32. The molecule has 3 nitrogen and oxygen atoms in total. The summed E-state index contributed by atoms with van der Waals surface area (Å²) in [6, 6.07) is 7.60. The highest BCUT2D eigenvalue weighted by Crippen LogP contribution is 2.11.